The highest BCUT2D eigenvalue weighted by Gasteiger charge is 2.25. The molecule has 4 rings (SSSR count). The minimum atomic E-state index is -0.289. The Labute approximate surface area is 205 Å². The Balaban J connectivity index is 1.46. The number of ketones is 1. The summed E-state index contributed by atoms with van der Waals surface area (Å²) in [5, 5.41) is 9.79. The van der Waals surface area contributed by atoms with Crippen molar-refractivity contribution < 1.29 is 19.4 Å². The van der Waals surface area contributed by atoms with Crippen LogP contribution in [0.25, 0.3) is 11.1 Å². The second kappa shape index (κ2) is 11.1. The summed E-state index contributed by atoms with van der Waals surface area (Å²) < 4.78 is 4.82. The Morgan fingerprint density at radius 2 is 1.80 bits per heavy atom. The molecule has 2 aromatic carbocycles. The predicted molar refractivity (Wildman–Crippen MR) is 135 cm³/mol. The second-order valence-electron chi connectivity index (χ2n) is 8.93. The van der Waals surface area contributed by atoms with Gasteiger partial charge in [0.25, 0.3) is 0 Å². The van der Waals surface area contributed by atoms with Crippen molar-refractivity contribution >= 4 is 17.7 Å². The Kier molecular flexibility index (Phi) is 7.77. The highest BCUT2D eigenvalue weighted by Crippen LogP contribution is 2.33. The molecule has 1 saturated heterocycles. The number of likely N-dealkylation sites (tertiary alicyclic amines) is 1. The first-order chi connectivity index (χ1) is 17.0. The molecule has 1 aromatic heterocycles. The molecule has 3 aromatic rings. The van der Waals surface area contributed by atoms with Gasteiger partial charge in [0.05, 0.1) is 13.7 Å². The van der Waals surface area contributed by atoms with Gasteiger partial charge in [-0.05, 0) is 41.5 Å². The van der Waals surface area contributed by atoms with Crippen LogP contribution >= 0.6 is 0 Å². The molecule has 0 bridgehead atoms. The van der Waals surface area contributed by atoms with Crippen molar-refractivity contribution in [2.24, 2.45) is 0 Å². The fourth-order valence-corrected chi connectivity index (χ4v) is 4.66. The molecule has 0 spiro atoms. The van der Waals surface area contributed by atoms with Crippen LogP contribution in [-0.4, -0.2) is 53.7 Å². The molecule has 1 fully saturated rings. The van der Waals surface area contributed by atoms with Crippen molar-refractivity contribution in [3.05, 3.63) is 83.6 Å². The zero-order valence-electron chi connectivity index (χ0n) is 19.9. The molecule has 3 N–H and O–H groups in total. The number of Topliss-reactive ketones (excluding diaryl/α,β-unsaturated/α-hetero) is 1. The van der Waals surface area contributed by atoms with Gasteiger partial charge in [-0.2, -0.15) is 0 Å². The lowest BCUT2D eigenvalue weighted by atomic mass is 9.88. The Morgan fingerprint density at radius 3 is 2.43 bits per heavy atom. The second-order valence-corrected chi connectivity index (χ2v) is 8.93. The van der Waals surface area contributed by atoms with E-state index >= 15 is 0 Å². The molecule has 0 saturated carbocycles. The number of benzene rings is 2. The number of nitrogens with two attached hydrogens (primary N) is 1. The van der Waals surface area contributed by atoms with Crippen LogP contribution < -0.4 is 5.73 Å². The highest BCUT2D eigenvalue weighted by atomic mass is 16.5. The van der Waals surface area contributed by atoms with Crippen molar-refractivity contribution in [1.29, 1.82) is 0 Å². The number of pyridine rings is 1. The molecule has 1 atom stereocenters. The van der Waals surface area contributed by atoms with E-state index in [9.17, 15) is 14.7 Å². The predicted octanol–water partition coefficient (Wildman–Crippen LogP) is 4.63. The van der Waals surface area contributed by atoms with E-state index in [0.717, 1.165) is 35.1 Å². The lowest BCUT2D eigenvalue weighted by molar-refractivity contribution is 0.0959. The zero-order chi connectivity index (χ0) is 24.8. The number of hydrogen-bond acceptors (Lipinski definition) is 6. The number of methoxy groups -OCH3 is 1. The van der Waals surface area contributed by atoms with Crippen LogP contribution in [0.1, 0.15) is 52.6 Å². The molecule has 7 heteroatoms. The fraction of sp³-hybridized carbons (Fsp3) is 0.321. The van der Waals surface area contributed by atoms with Crippen molar-refractivity contribution in [1.82, 2.24) is 9.88 Å². The Bertz CT molecular complexity index is 1160. The molecule has 1 amide bonds. The van der Waals surface area contributed by atoms with Crippen LogP contribution in [0.15, 0.2) is 66.9 Å². The summed E-state index contributed by atoms with van der Waals surface area (Å²) >= 11 is 0. The maximum atomic E-state index is 12.9. The van der Waals surface area contributed by atoms with Crippen LogP contribution in [0.2, 0.25) is 0 Å². The van der Waals surface area contributed by atoms with E-state index in [2.05, 4.69) is 11.1 Å². The third-order valence-electron chi connectivity index (χ3n) is 6.78. The molecule has 0 radical (unpaired) electrons. The first-order valence-corrected chi connectivity index (χ1v) is 11.9. The van der Waals surface area contributed by atoms with Gasteiger partial charge in [0.1, 0.15) is 5.82 Å². The fourth-order valence-electron chi connectivity index (χ4n) is 4.66. The maximum absolute atomic E-state index is 12.9. The molecular formula is C28H31N3O4. The lowest BCUT2D eigenvalue weighted by Gasteiger charge is -2.31. The van der Waals surface area contributed by atoms with Gasteiger partial charge in [-0.15, -0.1) is 0 Å². The molecule has 1 aliphatic rings. The Hall–Kier alpha value is -3.71. The highest BCUT2D eigenvalue weighted by molar-refractivity contribution is 5.97. The van der Waals surface area contributed by atoms with Crippen LogP contribution in [0.4, 0.5) is 10.6 Å². The summed E-state index contributed by atoms with van der Waals surface area (Å²) in [6, 6.07) is 19.0. The van der Waals surface area contributed by atoms with Crippen molar-refractivity contribution in [2.75, 3.05) is 32.5 Å². The Morgan fingerprint density at radius 1 is 1.11 bits per heavy atom. The molecule has 182 valence electrons. The van der Waals surface area contributed by atoms with E-state index < -0.39 is 0 Å². The zero-order valence-corrected chi connectivity index (χ0v) is 19.9. The third-order valence-corrected chi connectivity index (χ3v) is 6.78. The van der Waals surface area contributed by atoms with Crippen LogP contribution in [0.5, 0.6) is 0 Å². The van der Waals surface area contributed by atoms with Crippen LogP contribution in [-0.2, 0) is 4.74 Å². The lowest BCUT2D eigenvalue weighted by Crippen LogP contribution is -2.37. The normalized spacial score (nSPS) is 15.0. The van der Waals surface area contributed by atoms with Crippen LogP contribution in [0.3, 0.4) is 0 Å². The first-order valence-electron chi connectivity index (χ1n) is 11.9. The van der Waals surface area contributed by atoms with Gasteiger partial charge in [0, 0.05) is 42.8 Å². The standard InChI is InChI=1S/C28H31N3O4/c1-35-28(34)31-13-11-20(12-14-31)23-15-25(27(29)30-17-23)21-7-9-22(10-8-21)26(33)16-24(18-32)19-5-3-2-4-6-19/h2-10,15,17,20,24,32H,11-14,16,18H2,1H3,(H2,29,30)/t24-/m1/s1. The van der Waals surface area contributed by atoms with Crippen molar-refractivity contribution in [2.45, 2.75) is 31.1 Å². The number of piperidine rings is 1. The number of anilines is 1. The average molecular weight is 474 g/mol. The van der Waals surface area contributed by atoms with Gasteiger partial charge in [-0.1, -0.05) is 54.6 Å². The molecule has 1 aliphatic heterocycles. The summed E-state index contributed by atoms with van der Waals surface area (Å²) in [6.07, 6.45) is 3.43. The van der Waals surface area contributed by atoms with Gasteiger partial charge >= 0.3 is 6.09 Å². The SMILES string of the molecule is COC(=O)N1CCC(c2cnc(N)c(-c3ccc(C(=O)C[C@H](CO)c4ccccc4)cc3)c2)CC1. The summed E-state index contributed by atoms with van der Waals surface area (Å²) in [5.41, 5.74) is 10.6. The molecule has 35 heavy (non-hydrogen) atoms. The van der Waals surface area contributed by atoms with E-state index in [1.807, 2.05) is 48.7 Å². The van der Waals surface area contributed by atoms with E-state index in [0.29, 0.717) is 24.5 Å². The van der Waals surface area contributed by atoms with E-state index in [1.165, 1.54) is 7.11 Å². The maximum Gasteiger partial charge on any atom is 0.409 e. The van der Waals surface area contributed by atoms with E-state index in [-0.39, 0.29) is 36.7 Å². The van der Waals surface area contributed by atoms with Gasteiger partial charge in [0.15, 0.2) is 5.78 Å². The van der Waals surface area contributed by atoms with Gasteiger partial charge < -0.3 is 20.5 Å². The number of aromatic nitrogens is 1. The first kappa shape index (κ1) is 24.4. The number of hydrogen-bond donors (Lipinski definition) is 2. The molecule has 0 aliphatic carbocycles. The number of carbonyl (C=O) groups is 2. The number of rotatable bonds is 7. The number of amides is 1. The van der Waals surface area contributed by atoms with Gasteiger partial charge in [-0.3, -0.25) is 4.79 Å². The third kappa shape index (κ3) is 5.69. The van der Waals surface area contributed by atoms with Crippen molar-refractivity contribution in [3.63, 3.8) is 0 Å². The van der Waals surface area contributed by atoms with Crippen LogP contribution in [0, 0.1) is 0 Å². The van der Waals surface area contributed by atoms with E-state index in [1.54, 1.807) is 17.0 Å². The number of nitrogens with zero attached hydrogens (tertiary/aromatic N) is 2. The van der Waals surface area contributed by atoms with Gasteiger partial charge in [0.2, 0.25) is 0 Å². The molecule has 0 unspecified atom stereocenters. The quantitative estimate of drug-likeness (QED) is 0.485. The summed E-state index contributed by atoms with van der Waals surface area (Å²) in [6.45, 7) is 1.21. The number of ether oxygens (including phenoxy) is 1. The number of carbonyl (C=O) groups excluding carboxylic acids is 2. The van der Waals surface area contributed by atoms with E-state index in [4.69, 9.17) is 10.5 Å². The molecule has 7 nitrogen and oxygen atoms in total. The average Bonchev–Trinajstić information content (AvgIpc) is 2.92. The molecule has 2 heterocycles. The monoisotopic (exact) mass is 473 g/mol. The summed E-state index contributed by atoms with van der Waals surface area (Å²) in [5.74, 6) is 0.475. The largest absolute Gasteiger partial charge is 0.453 e. The number of nitrogen functional groups attached to an aromatic ring is 1. The number of aliphatic hydroxyl groups is 1. The molecular weight excluding hydrogens is 442 g/mol. The summed E-state index contributed by atoms with van der Waals surface area (Å²) in [7, 11) is 1.40. The minimum Gasteiger partial charge on any atom is -0.453 e. The minimum absolute atomic E-state index is 0.0170. The van der Waals surface area contributed by atoms with Crippen molar-refractivity contribution in [3.8, 4) is 11.1 Å². The topological polar surface area (TPSA) is 106 Å². The smallest absolute Gasteiger partial charge is 0.409 e. The summed E-state index contributed by atoms with van der Waals surface area (Å²) in [4.78, 5) is 30.8. The number of aliphatic hydroxyl groups excluding tert-OH is 1. The van der Waals surface area contributed by atoms with Gasteiger partial charge in [-0.25, -0.2) is 9.78 Å².